The fraction of sp³-hybridized carbons (Fsp3) is 0.611. The fourth-order valence-electron chi connectivity index (χ4n) is 3.06. The van der Waals surface area contributed by atoms with Gasteiger partial charge in [0.2, 0.25) is 5.91 Å². The van der Waals surface area contributed by atoms with Crippen molar-refractivity contribution >= 4 is 5.91 Å². The number of carbonyl (C=O) groups is 1. The Morgan fingerprint density at radius 3 is 2.61 bits per heavy atom. The van der Waals surface area contributed by atoms with Crippen molar-refractivity contribution in [1.82, 2.24) is 10.2 Å². The first-order valence-electron chi connectivity index (χ1n) is 8.18. The molecule has 5 nitrogen and oxygen atoms in total. The molecule has 1 aliphatic rings. The maximum absolute atomic E-state index is 12.5. The molecule has 3 atom stereocenters. The van der Waals surface area contributed by atoms with Gasteiger partial charge < -0.3 is 19.7 Å². The Balaban J connectivity index is 2.01. The number of amides is 1. The van der Waals surface area contributed by atoms with Gasteiger partial charge in [0, 0.05) is 12.0 Å². The Labute approximate surface area is 139 Å². The van der Waals surface area contributed by atoms with Gasteiger partial charge in [-0.2, -0.15) is 0 Å². The number of hydrogen-bond donors (Lipinski definition) is 1. The van der Waals surface area contributed by atoms with Gasteiger partial charge in [-0.1, -0.05) is 6.07 Å². The lowest BCUT2D eigenvalue weighted by molar-refractivity contribution is -0.127. The average Bonchev–Trinajstić information content (AvgIpc) is 2.56. The van der Waals surface area contributed by atoms with Crippen molar-refractivity contribution in [3.63, 3.8) is 0 Å². The smallest absolute Gasteiger partial charge is 0.223 e. The van der Waals surface area contributed by atoms with Crippen LogP contribution in [0.5, 0.6) is 11.5 Å². The molecule has 0 aromatic heterocycles. The van der Waals surface area contributed by atoms with Crippen LogP contribution in [0.2, 0.25) is 0 Å². The first kappa shape index (κ1) is 17.6. The maximum atomic E-state index is 12.5. The lowest BCUT2D eigenvalue weighted by atomic mass is 9.91. The van der Waals surface area contributed by atoms with Crippen molar-refractivity contribution in [2.24, 2.45) is 5.92 Å². The lowest BCUT2D eigenvalue weighted by Crippen LogP contribution is -2.43. The van der Waals surface area contributed by atoms with Crippen LogP contribution < -0.4 is 14.8 Å². The van der Waals surface area contributed by atoms with E-state index in [0.717, 1.165) is 24.9 Å². The van der Waals surface area contributed by atoms with Gasteiger partial charge in [-0.15, -0.1) is 0 Å². The second-order valence-electron chi connectivity index (χ2n) is 6.40. The molecule has 0 spiro atoms. The third kappa shape index (κ3) is 4.16. The molecule has 1 N–H and O–H groups in total. The van der Waals surface area contributed by atoms with Crippen LogP contribution in [-0.4, -0.2) is 44.7 Å². The third-order valence-electron chi connectivity index (χ3n) is 4.85. The molecule has 23 heavy (non-hydrogen) atoms. The number of ether oxygens (including phenoxy) is 2. The molecule has 0 radical (unpaired) electrons. The summed E-state index contributed by atoms with van der Waals surface area (Å²) in [6.07, 6.45) is 1.84. The van der Waals surface area contributed by atoms with Gasteiger partial charge in [-0.25, -0.2) is 0 Å². The highest BCUT2D eigenvalue weighted by Crippen LogP contribution is 2.30. The van der Waals surface area contributed by atoms with E-state index in [1.54, 1.807) is 14.2 Å². The lowest BCUT2D eigenvalue weighted by Gasteiger charge is -2.34. The number of piperidine rings is 1. The van der Waals surface area contributed by atoms with Gasteiger partial charge in [0.25, 0.3) is 0 Å². The van der Waals surface area contributed by atoms with Crippen LogP contribution in [0.15, 0.2) is 18.2 Å². The van der Waals surface area contributed by atoms with Crippen molar-refractivity contribution in [3.05, 3.63) is 23.8 Å². The summed E-state index contributed by atoms with van der Waals surface area (Å²) in [4.78, 5) is 14.8. The van der Waals surface area contributed by atoms with Gasteiger partial charge in [0.05, 0.1) is 20.3 Å². The molecule has 5 heteroatoms. The van der Waals surface area contributed by atoms with Crippen LogP contribution in [0.25, 0.3) is 0 Å². The van der Waals surface area contributed by atoms with Gasteiger partial charge in [-0.05, 0) is 58.0 Å². The Morgan fingerprint density at radius 2 is 2.00 bits per heavy atom. The van der Waals surface area contributed by atoms with Gasteiger partial charge in [0.15, 0.2) is 11.5 Å². The molecule has 0 saturated carbocycles. The molecule has 0 bridgehead atoms. The molecule has 0 unspecified atom stereocenters. The van der Waals surface area contributed by atoms with Crippen LogP contribution in [-0.2, 0) is 4.79 Å². The standard InChI is InChI=1S/C18H28N2O3/c1-12-10-15(8-9-20(12)3)18(21)19-13(2)14-6-7-16(22-4)17(11-14)23-5/h6-7,11-13,15H,8-10H2,1-5H3,(H,19,21)/t12-,13-,15-/m0/s1. The number of methoxy groups -OCH3 is 2. The van der Waals surface area contributed by atoms with Crippen LogP contribution in [0.1, 0.15) is 38.3 Å². The molecule has 1 amide bonds. The van der Waals surface area contributed by atoms with E-state index in [1.165, 1.54) is 0 Å². The monoisotopic (exact) mass is 320 g/mol. The third-order valence-corrected chi connectivity index (χ3v) is 4.85. The van der Waals surface area contributed by atoms with Crippen LogP contribution >= 0.6 is 0 Å². The zero-order valence-corrected chi connectivity index (χ0v) is 14.8. The predicted octanol–water partition coefficient (Wildman–Crippen LogP) is 2.61. The molecule has 1 heterocycles. The second kappa shape index (κ2) is 7.68. The highest BCUT2D eigenvalue weighted by molar-refractivity contribution is 5.79. The summed E-state index contributed by atoms with van der Waals surface area (Å²) in [5.74, 6) is 1.62. The minimum atomic E-state index is -0.0581. The normalized spacial score (nSPS) is 23.2. The minimum absolute atomic E-state index is 0.0581. The van der Waals surface area contributed by atoms with Crippen LogP contribution in [0, 0.1) is 5.92 Å². The van der Waals surface area contributed by atoms with E-state index in [1.807, 2.05) is 25.1 Å². The SMILES string of the molecule is COc1ccc([C@H](C)NC(=O)[C@H]2CCN(C)[C@@H](C)C2)cc1OC. The van der Waals surface area contributed by atoms with Crippen molar-refractivity contribution in [1.29, 1.82) is 0 Å². The van der Waals surface area contributed by atoms with E-state index in [4.69, 9.17) is 9.47 Å². The van der Waals surface area contributed by atoms with Crippen LogP contribution in [0.3, 0.4) is 0 Å². The summed E-state index contributed by atoms with van der Waals surface area (Å²) in [5, 5.41) is 3.14. The summed E-state index contributed by atoms with van der Waals surface area (Å²) in [6.45, 7) is 5.15. The van der Waals surface area contributed by atoms with Crippen molar-refractivity contribution in [2.45, 2.75) is 38.8 Å². The first-order chi connectivity index (χ1) is 11.0. The molecule has 1 aromatic carbocycles. The average molecular weight is 320 g/mol. The largest absolute Gasteiger partial charge is 0.493 e. The van der Waals surface area contributed by atoms with Gasteiger partial charge >= 0.3 is 0 Å². The Kier molecular flexibility index (Phi) is 5.88. The molecule has 0 aliphatic carbocycles. The Morgan fingerprint density at radius 1 is 1.30 bits per heavy atom. The zero-order chi connectivity index (χ0) is 17.0. The fourth-order valence-corrected chi connectivity index (χ4v) is 3.06. The van der Waals surface area contributed by atoms with E-state index < -0.39 is 0 Å². The molecule has 2 rings (SSSR count). The molecular formula is C18H28N2O3. The number of nitrogens with one attached hydrogen (secondary N) is 1. The summed E-state index contributed by atoms with van der Waals surface area (Å²) in [5.41, 5.74) is 1.01. The number of nitrogens with zero attached hydrogens (tertiary/aromatic N) is 1. The first-order valence-corrected chi connectivity index (χ1v) is 8.18. The highest BCUT2D eigenvalue weighted by Gasteiger charge is 2.28. The number of rotatable bonds is 5. The van der Waals surface area contributed by atoms with E-state index in [2.05, 4.69) is 24.2 Å². The molecule has 1 fully saturated rings. The molecular weight excluding hydrogens is 292 g/mol. The topological polar surface area (TPSA) is 50.8 Å². The van der Waals surface area contributed by atoms with E-state index >= 15 is 0 Å². The van der Waals surface area contributed by atoms with E-state index in [9.17, 15) is 4.79 Å². The quantitative estimate of drug-likeness (QED) is 0.906. The second-order valence-corrected chi connectivity index (χ2v) is 6.40. The number of likely N-dealkylation sites (tertiary alicyclic amines) is 1. The summed E-state index contributed by atoms with van der Waals surface area (Å²) < 4.78 is 10.6. The van der Waals surface area contributed by atoms with Crippen LogP contribution in [0.4, 0.5) is 0 Å². The Bertz CT molecular complexity index is 547. The predicted molar refractivity (Wildman–Crippen MR) is 90.9 cm³/mol. The number of carbonyl (C=O) groups excluding carboxylic acids is 1. The van der Waals surface area contributed by atoms with Crippen molar-refractivity contribution in [3.8, 4) is 11.5 Å². The van der Waals surface area contributed by atoms with E-state index in [0.29, 0.717) is 17.5 Å². The van der Waals surface area contributed by atoms with Gasteiger partial charge in [-0.3, -0.25) is 4.79 Å². The molecule has 1 aliphatic heterocycles. The number of hydrogen-bond acceptors (Lipinski definition) is 4. The Hall–Kier alpha value is -1.75. The summed E-state index contributed by atoms with van der Waals surface area (Å²) >= 11 is 0. The minimum Gasteiger partial charge on any atom is -0.493 e. The molecule has 1 aromatic rings. The number of benzene rings is 1. The zero-order valence-electron chi connectivity index (χ0n) is 14.8. The molecule has 128 valence electrons. The van der Waals surface area contributed by atoms with Crippen molar-refractivity contribution in [2.75, 3.05) is 27.8 Å². The van der Waals surface area contributed by atoms with Gasteiger partial charge in [0.1, 0.15) is 0 Å². The highest BCUT2D eigenvalue weighted by atomic mass is 16.5. The summed E-state index contributed by atoms with van der Waals surface area (Å²) in [6, 6.07) is 6.15. The maximum Gasteiger partial charge on any atom is 0.223 e. The van der Waals surface area contributed by atoms with E-state index in [-0.39, 0.29) is 17.9 Å². The molecule has 1 saturated heterocycles. The summed E-state index contributed by atoms with van der Waals surface area (Å²) in [7, 11) is 5.35. The van der Waals surface area contributed by atoms with Crippen molar-refractivity contribution < 1.29 is 14.3 Å².